The van der Waals surface area contributed by atoms with Crippen molar-refractivity contribution in [2.75, 3.05) is 0 Å². The third-order valence-electron chi connectivity index (χ3n) is 3.14. The Morgan fingerprint density at radius 1 is 1.14 bits per heavy atom. The van der Waals surface area contributed by atoms with E-state index in [0.717, 1.165) is 12.0 Å². The van der Waals surface area contributed by atoms with Gasteiger partial charge in [0.05, 0.1) is 17.7 Å². The van der Waals surface area contributed by atoms with E-state index >= 15 is 0 Å². The van der Waals surface area contributed by atoms with Crippen LogP contribution in [0, 0.1) is 29.0 Å². The maximum Gasteiger partial charge on any atom is 0.132 e. The molecule has 2 rings (SSSR count). The lowest BCUT2D eigenvalue weighted by atomic mass is 10.0. The summed E-state index contributed by atoms with van der Waals surface area (Å²) in [5, 5.41) is 8.76. The van der Waals surface area contributed by atoms with Crippen molar-refractivity contribution in [3.8, 4) is 29.0 Å². The molecule has 2 aromatic carbocycles. The molecule has 0 amide bonds. The average Bonchev–Trinajstić information content (AvgIpc) is 2.53. The van der Waals surface area contributed by atoms with Crippen molar-refractivity contribution in [2.45, 2.75) is 19.4 Å². The molecule has 0 fully saturated rings. The van der Waals surface area contributed by atoms with Gasteiger partial charge < -0.3 is 5.73 Å². The quantitative estimate of drug-likeness (QED) is 0.855. The van der Waals surface area contributed by atoms with Crippen LogP contribution in [-0.2, 0) is 0 Å². The fourth-order valence-corrected chi connectivity index (χ4v) is 1.83. The van der Waals surface area contributed by atoms with E-state index in [1.165, 1.54) is 6.07 Å². The van der Waals surface area contributed by atoms with Crippen LogP contribution in [0.4, 0.5) is 4.39 Å². The van der Waals surface area contributed by atoms with Gasteiger partial charge in [-0.2, -0.15) is 5.26 Å². The summed E-state index contributed by atoms with van der Waals surface area (Å²) in [5.41, 5.74) is 8.09. The predicted octanol–water partition coefficient (Wildman–Crippen LogP) is 3.45. The van der Waals surface area contributed by atoms with Crippen molar-refractivity contribution in [1.29, 1.82) is 5.26 Å². The zero-order chi connectivity index (χ0) is 15.2. The molecule has 0 radical (unpaired) electrons. The monoisotopic (exact) mass is 278 g/mol. The molecular formula is C18H15FN2. The number of nitriles is 1. The van der Waals surface area contributed by atoms with Crippen molar-refractivity contribution in [2.24, 2.45) is 5.73 Å². The normalized spacial score (nSPS) is 11.1. The van der Waals surface area contributed by atoms with E-state index in [2.05, 4.69) is 11.8 Å². The zero-order valence-corrected chi connectivity index (χ0v) is 11.7. The van der Waals surface area contributed by atoms with Gasteiger partial charge in [-0.1, -0.05) is 37.0 Å². The van der Waals surface area contributed by atoms with Gasteiger partial charge in [-0.3, -0.25) is 0 Å². The smallest absolute Gasteiger partial charge is 0.132 e. The molecule has 0 saturated carbocycles. The summed E-state index contributed by atoms with van der Waals surface area (Å²) < 4.78 is 14.2. The Morgan fingerprint density at radius 2 is 1.81 bits per heavy atom. The fourth-order valence-electron chi connectivity index (χ4n) is 1.83. The van der Waals surface area contributed by atoms with E-state index in [1.807, 2.05) is 13.0 Å². The lowest BCUT2D eigenvalue weighted by Crippen LogP contribution is -2.15. The number of nitrogens with zero attached hydrogens (tertiary/aromatic N) is 1. The Balaban J connectivity index is 2.30. The number of rotatable bonds is 2. The minimum atomic E-state index is -0.337. The Hall–Kier alpha value is -2.62. The molecule has 0 aliphatic rings. The summed E-state index contributed by atoms with van der Waals surface area (Å²) in [6, 6.07) is 13.5. The van der Waals surface area contributed by atoms with Crippen LogP contribution in [0.15, 0.2) is 42.5 Å². The van der Waals surface area contributed by atoms with Gasteiger partial charge in [-0.05, 0) is 36.2 Å². The van der Waals surface area contributed by atoms with Gasteiger partial charge in [0.1, 0.15) is 5.82 Å². The fraction of sp³-hybridized carbons (Fsp3) is 0.167. The highest BCUT2D eigenvalue weighted by Crippen LogP contribution is 2.23. The number of hydrogen-bond donors (Lipinski definition) is 1. The van der Waals surface area contributed by atoms with Gasteiger partial charge in [0.25, 0.3) is 0 Å². The van der Waals surface area contributed by atoms with Crippen molar-refractivity contribution >= 4 is 0 Å². The summed E-state index contributed by atoms with van der Waals surface area (Å²) in [7, 11) is 0. The minimum Gasteiger partial charge on any atom is -0.318 e. The molecule has 21 heavy (non-hydrogen) atoms. The second-order valence-corrected chi connectivity index (χ2v) is 4.67. The topological polar surface area (TPSA) is 49.8 Å². The zero-order valence-electron chi connectivity index (χ0n) is 11.7. The standard InChI is InChI=1S/C18H15FN2/c1-2-16(21)9-5-13-6-10-17(18(19)11-13)15-7-3-14(12-20)4-8-15/h3-4,6-8,10-11,16H,2,21H2,1H3. The summed E-state index contributed by atoms with van der Waals surface area (Å²) in [4.78, 5) is 0. The van der Waals surface area contributed by atoms with E-state index in [-0.39, 0.29) is 11.9 Å². The first-order valence-electron chi connectivity index (χ1n) is 6.71. The molecule has 1 atom stereocenters. The Kier molecular flexibility index (Phi) is 4.72. The number of hydrogen-bond acceptors (Lipinski definition) is 2. The van der Waals surface area contributed by atoms with Crippen LogP contribution in [-0.4, -0.2) is 6.04 Å². The maximum atomic E-state index is 14.2. The van der Waals surface area contributed by atoms with Gasteiger partial charge in [-0.15, -0.1) is 0 Å². The molecule has 0 spiro atoms. The Labute approximate surface area is 124 Å². The van der Waals surface area contributed by atoms with Gasteiger partial charge in [-0.25, -0.2) is 4.39 Å². The average molecular weight is 278 g/mol. The number of nitrogens with two attached hydrogens (primary N) is 1. The molecule has 0 saturated heterocycles. The van der Waals surface area contributed by atoms with Crippen LogP contribution in [0.25, 0.3) is 11.1 Å². The Bertz CT molecular complexity index is 731. The van der Waals surface area contributed by atoms with Crippen LogP contribution in [0.2, 0.25) is 0 Å². The molecule has 2 N–H and O–H groups in total. The van der Waals surface area contributed by atoms with Crippen LogP contribution >= 0.6 is 0 Å². The molecule has 104 valence electrons. The third kappa shape index (κ3) is 3.69. The Morgan fingerprint density at radius 3 is 2.38 bits per heavy atom. The highest BCUT2D eigenvalue weighted by molar-refractivity contribution is 5.66. The van der Waals surface area contributed by atoms with E-state index in [4.69, 9.17) is 11.0 Å². The summed E-state index contributed by atoms with van der Waals surface area (Å²) >= 11 is 0. The first-order valence-corrected chi connectivity index (χ1v) is 6.71. The predicted molar refractivity (Wildman–Crippen MR) is 81.7 cm³/mol. The van der Waals surface area contributed by atoms with E-state index < -0.39 is 0 Å². The van der Waals surface area contributed by atoms with Crippen molar-refractivity contribution < 1.29 is 4.39 Å². The maximum absolute atomic E-state index is 14.2. The lowest BCUT2D eigenvalue weighted by molar-refractivity contribution is 0.631. The van der Waals surface area contributed by atoms with Gasteiger partial charge in [0.15, 0.2) is 0 Å². The SMILES string of the molecule is CCC(N)C#Cc1ccc(-c2ccc(C#N)cc2)c(F)c1. The second-order valence-electron chi connectivity index (χ2n) is 4.67. The third-order valence-corrected chi connectivity index (χ3v) is 3.14. The molecule has 2 nitrogen and oxygen atoms in total. The van der Waals surface area contributed by atoms with Crippen molar-refractivity contribution in [1.82, 2.24) is 0 Å². The number of benzene rings is 2. The first-order chi connectivity index (χ1) is 10.1. The molecule has 0 heterocycles. The minimum absolute atomic E-state index is 0.189. The molecule has 0 aromatic heterocycles. The van der Waals surface area contributed by atoms with Crippen LogP contribution in [0.5, 0.6) is 0 Å². The van der Waals surface area contributed by atoms with Crippen molar-refractivity contribution in [3.05, 3.63) is 59.4 Å². The van der Waals surface area contributed by atoms with E-state index in [9.17, 15) is 4.39 Å². The molecule has 0 aliphatic carbocycles. The molecule has 0 bridgehead atoms. The first kappa shape index (κ1) is 14.8. The summed E-state index contributed by atoms with van der Waals surface area (Å²) in [5.74, 6) is 5.41. The van der Waals surface area contributed by atoms with Crippen LogP contribution in [0.1, 0.15) is 24.5 Å². The van der Waals surface area contributed by atoms with Crippen LogP contribution in [0.3, 0.4) is 0 Å². The number of halogens is 1. The molecular weight excluding hydrogens is 263 g/mol. The summed E-state index contributed by atoms with van der Waals surface area (Å²) in [6.45, 7) is 1.95. The van der Waals surface area contributed by atoms with E-state index in [0.29, 0.717) is 16.7 Å². The summed E-state index contributed by atoms with van der Waals surface area (Å²) in [6.07, 6.45) is 0.763. The molecule has 1 unspecified atom stereocenters. The largest absolute Gasteiger partial charge is 0.318 e. The van der Waals surface area contributed by atoms with Crippen LogP contribution < -0.4 is 5.73 Å². The van der Waals surface area contributed by atoms with Gasteiger partial charge in [0.2, 0.25) is 0 Å². The molecule has 0 aliphatic heterocycles. The lowest BCUT2D eigenvalue weighted by Gasteiger charge is -2.04. The molecule has 2 aromatic rings. The van der Waals surface area contributed by atoms with E-state index in [1.54, 1.807) is 36.4 Å². The highest BCUT2D eigenvalue weighted by atomic mass is 19.1. The highest BCUT2D eigenvalue weighted by Gasteiger charge is 2.05. The second kappa shape index (κ2) is 6.70. The molecule has 3 heteroatoms. The van der Waals surface area contributed by atoms with Gasteiger partial charge >= 0.3 is 0 Å². The van der Waals surface area contributed by atoms with Gasteiger partial charge in [0, 0.05) is 11.1 Å². The van der Waals surface area contributed by atoms with Crippen molar-refractivity contribution in [3.63, 3.8) is 0 Å².